The minimum Gasteiger partial charge on any atom is -0.465 e. The number of nitrogens with zero attached hydrogens (tertiary/aromatic N) is 7. The zero-order valence-corrected chi connectivity index (χ0v) is 52.3. The number of ether oxygens (including phenoxy) is 1. The van der Waals surface area contributed by atoms with E-state index in [4.69, 9.17) is 15.6 Å². The van der Waals surface area contributed by atoms with E-state index in [9.17, 15) is 33.6 Å². The number of anilines is 2. The summed E-state index contributed by atoms with van der Waals surface area (Å²) in [5, 5.41) is 51.2. The number of halogens is 1. The third-order valence-corrected chi connectivity index (χ3v) is 16.9. The van der Waals surface area contributed by atoms with E-state index < -0.39 is 35.8 Å². The zero-order chi connectivity index (χ0) is 63.9. The molecule has 0 spiro atoms. The maximum atomic E-state index is 14.1. The maximum Gasteiger partial charge on any atom is 0.407 e. The van der Waals surface area contributed by atoms with E-state index in [2.05, 4.69) is 83.8 Å². The zero-order valence-electron chi connectivity index (χ0n) is 50.7. The minimum absolute atomic E-state index is 0.0422. The first kappa shape index (κ1) is 65.1. The standard InChI is InChI=1S/C36H40N8O5.C29H36BrN7O4/c1-21-18-27(12-17-30(21)34(46)38-29-15-16-29)24-6-2-22(3-7-24)19-31(40-33(45)26-8-4-23(5-9-26)20-37-36(48)49)35(47)39-28-13-10-25(11-14-28)32-41-43-44-42-32;1-29(2,3)41-28(40)32-17-19-4-8-21(9-5-19)27(39)37(23-14-10-20(11-15-23)26-33-35-36-34-26)24(25(31)38)16-18-6-12-22(30)13-7-18/h2-3,6-7,10-14,17-18,23,26,29,31,37H,4-5,8-9,15-16,19-20H2,1H3,(H,38,46)(H,39,47)(H,40,45)(H,48,49)(H,41,42,43,44);6-7,10-15,19,21,24H,4-5,8-9,16-17H2,1-3H3,(H2,31,38)(H,32,40)(H,33,34,35,36)/t23?,26?,31-;19?,21?,24-/m00/s1. The monoisotopic (exact) mass is 1290 g/mol. The molecule has 10 N–H and O–H groups in total. The number of nitrogens with one attached hydrogen (secondary N) is 7. The predicted molar refractivity (Wildman–Crippen MR) is 340 cm³/mol. The molecule has 5 aromatic carbocycles. The SMILES string of the molecule is CC(C)(C)OC(=O)NCC1CCC(C(=O)N(c2ccc(-c3nn[nH]n3)cc2)[C@@H](Cc2ccc(Br)cc2)C(N)=O)CC1.Cc1cc(-c2ccc(C[C@H](NC(=O)C3CCC(CNC(=O)O)CC3)C(=O)Nc3ccc(-c4nn[nH]n4)cc3)cc2)ccc1C(=O)NC1CC1. The fourth-order valence-corrected chi connectivity index (χ4v) is 11.5. The van der Waals surface area contributed by atoms with Gasteiger partial charge in [0.25, 0.3) is 5.91 Å². The molecule has 7 amide bonds. The van der Waals surface area contributed by atoms with Crippen LogP contribution < -0.4 is 37.2 Å². The van der Waals surface area contributed by atoms with Crippen molar-refractivity contribution in [1.82, 2.24) is 62.5 Å². The number of tetrazole rings is 2. The van der Waals surface area contributed by atoms with E-state index in [0.717, 1.165) is 81.9 Å². The lowest BCUT2D eigenvalue weighted by Gasteiger charge is -2.36. The Kier molecular flexibility index (Phi) is 21.8. The number of aromatic nitrogens is 8. The van der Waals surface area contributed by atoms with Gasteiger partial charge in [0.2, 0.25) is 35.3 Å². The summed E-state index contributed by atoms with van der Waals surface area (Å²) in [5.74, 6) is -0.553. The van der Waals surface area contributed by atoms with Gasteiger partial charge in [-0.15, -0.1) is 20.4 Å². The number of hydrogen-bond acceptors (Lipinski definition) is 14. The van der Waals surface area contributed by atoms with E-state index in [1.165, 1.54) is 0 Å². The Balaban J connectivity index is 0.000000217. The Labute approximate surface area is 529 Å². The van der Waals surface area contributed by atoms with Crippen molar-refractivity contribution in [3.8, 4) is 33.9 Å². The Hall–Kier alpha value is -9.39. The molecule has 0 saturated heterocycles. The molecule has 25 heteroatoms. The molecule has 0 aliphatic heterocycles. The van der Waals surface area contributed by atoms with Crippen LogP contribution in [0.2, 0.25) is 0 Å². The molecule has 24 nitrogen and oxygen atoms in total. The second-order valence-electron chi connectivity index (χ2n) is 24.3. The molecule has 472 valence electrons. The summed E-state index contributed by atoms with van der Waals surface area (Å²) in [6.07, 6.45) is 6.65. The lowest BCUT2D eigenvalue weighted by atomic mass is 9.81. The Morgan fingerprint density at radius 2 is 1.20 bits per heavy atom. The van der Waals surface area contributed by atoms with Gasteiger partial charge in [0, 0.05) is 76.3 Å². The number of H-pyrrole nitrogens is 2. The topological polar surface area (TPSA) is 347 Å². The number of alkyl carbamates (subject to hydrolysis) is 1. The van der Waals surface area contributed by atoms with Gasteiger partial charge in [0.1, 0.15) is 17.7 Å². The fraction of sp³-hybridized carbons (Fsp3) is 0.400. The average Bonchev–Trinajstić information content (AvgIpc) is 1.00. The number of nitrogens with two attached hydrogens (primary N) is 1. The Morgan fingerprint density at radius 1 is 0.667 bits per heavy atom. The summed E-state index contributed by atoms with van der Waals surface area (Å²) in [6.45, 7) is 8.27. The first-order valence-corrected chi connectivity index (χ1v) is 31.1. The van der Waals surface area contributed by atoms with E-state index in [-0.39, 0.29) is 60.1 Å². The van der Waals surface area contributed by atoms with Crippen LogP contribution in [0.1, 0.15) is 112 Å². The van der Waals surface area contributed by atoms with E-state index >= 15 is 0 Å². The molecule has 0 unspecified atom stereocenters. The highest BCUT2D eigenvalue weighted by Crippen LogP contribution is 2.34. The number of aryl methyl sites for hydroxylation is 1. The highest BCUT2D eigenvalue weighted by molar-refractivity contribution is 9.10. The van der Waals surface area contributed by atoms with Crippen LogP contribution in [0.5, 0.6) is 0 Å². The molecule has 10 rings (SSSR count). The molecule has 3 aliphatic rings. The average molecular weight is 1290 g/mol. The van der Waals surface area contributed by atoms with Crippen molar-refractivity contribution in [3.63, 3.8) is 0 Å². The van der Waals surface area contributed by atoms with Crippen LogP contribution in [-0.4, -0.2) is 125 Å². The van der Waals surface area contributed by atoms with Crippen molar-refractivity contribution in [1.29, 1.82) is 0 Å². The molecule has 3 saturated carbocycles. The number of aromatic amines is 2. The second kappa shape index (κ2) is 30.2. The number of benzene rings is 5. The number of carbonyl (C=O) groups excluding carboxylic acids is 6. The lowest BCUT2D eigenvalue weighted by Crippen LogP contribution is -2.52. The Bertz CT molecular complexity index is 3570. The molecular weight excluding hydrogens is 1210 g/mol. The first-order chi connectivity index (χ1) is 43.2. The normalized spacial score (nSPS) is 17.8. The summed E-state index contributed by atoms with van der Waals surface area (Å²) in [6, 6.07) is 34.0. The number of primary amides is 1. The third kappa shape index (κ3) is 18.6. The van der Waals surface area contributed by atoms with Crippen LogP contribution in [0.15, 0.2) is 120 Å². The summed E-state index contributed by atoms with van der Waals surface area (Å²) in [7, 11) is 0. The van der Waals surface area contributed by atoms with Crippen LogP contribution in [0.25, 0.3) is 33.9 Å². The van der Waals surface area contributed by atoms with Gasteiger partial charge in [-0.25, -0.2) is 9.59 Å². The van der Waals surface area contributed by atoms with Crippen molar-refractivity contribution < 1.29 is 43.4 Å². The van der Waals surface area contributed by atoms with Crippen molar-refractivity contribution in [2.45, 2.75) is 128 Å². The van der Waals surface area contributed by atoms with E-state index in [1.54, 1.807) is 53.4 Å². The quantitative estimate of drug-likeness (QED) is 0.0324. The number of hydrogen-bond donors (Lipinski definition) is 9. The Morgan fingerprint density at radius 3 is 1.73 bits per heavy atom. The van der Waals surface area contributed by atoms with E-state index in [1.807, 2.05) is 94.4 Å². The second-order valence-corrected chi connectivity index (χ2v) is 25.2. The molecule has 2 aromatic heterocycles. The van der Waals surface area contributed by atoms with Gasteiger partial charge in [0.05, 0.1) is 0 Å². The summed E-state index contributed by atoms with van der Waals surface area (Å²) in [5.41, 5.74) is 13.2. The molecule has 2 atom stereocenters. The molecule has 3 aliphatic carbocycles. The number of carbonyl (C=O) groups is 7. The molecule has 0 radical (unpaired) electrons. The molecular formula is C65H76BrN15O9. The highest BCUT2D eigenvalue weighted by Gasteiger charge is 2.37. The molecule has 2 heterocycles. The van der Waals surface area contributed by atoms with Crippen molar-refractivity contribution in [2.75, 3.05) is 23.3 Å². The van der Waals surface area contributed by atoms with Crippen LogP contribution in [0.4, 0.5) is 21.0 Å². The van der Waals surface area contributed by atoms with Gasteiger partial charge in [-0.3, -0.25) is 28.9 Å². The summed E-state index contributed by atoms with van der Waals surface area (Å²) in [4.78, 5) is 91.2. The van der Waals surface area contributed by atoms with Gasteiger partial charge in [-0.05, 0) is 209 Å². The van der Waals surface area contributed by atoms with Gasteiger partial charge >= 0.3 is 12.2 Å². The molecule has 0 bridgehead atoms. The summed E-state index contributed by atoms with van der Waals surface area (Å²) < 4.78 is 6.25. The minimum atomic E-state index is -1.05. The number of carboxylic acid groups (broad SMARTS) is 1. The number of amides is 7. The smallest absolute Gasteiger partial charge is 0.407 e. The van der Waals surface area contributed by atoms with Crippen molar-refractivity contribution >= 4 is 69.0 Å². The van der Waals surface area contributed by atoms with E-state index in [0.29, 0.717) is 73.4 Å². The van der Waals surface area contributed by atoms with Crippen LogP contribution in [0.3, 0.4) is 0 Å². The fourth-order valence-electron chi connectivity index (χ4n) is 11.3. The predicted octanol–water partition coefficient (Wildman–Crippen LogP) is 8.86. The maximum absolute atomic E-state index is 14.1. The highest BCUT2D eigenvalue weighted by atomic mass is 79.9. The first-order valence-electron chi connectivity index (χ1n) is 30.3. The lowest BCUT2D eigenvalue weighted by molar-refractivity contribution is -0.130. The van der Waals surface area contributed by atoms with Gasteiger partial charge in [-0.2, -0.15) is 10.4 Å². The van der Waals surface area contributed by atoms with Crippen molar-refractivity contribution in [2.24, 2.45) is 29.4 Å². The van der Waals surface area contributed by atoms with Gasteiger partial charge < -0.3 is 42.2 Å². The largest absolute Gasteiger partial charge is 0.465 e. The van der Waals surface area contributed by atoms with Gasteiger partial charge in [0.15, 0.2) is 0 Å². The van der Waals surface area contributed by atoms with Crippen LogP contribution >= 0.6 is 15.9 Å². The molecule has 3 fully saturated rings. The number of rotatable bonds is 21. The van der Waals surface area contributed by atoms with Gasteiger partial charge in [-0.1, -0.05) is 64.5 Å². The summed E-state index contributed by atoms with van der Waals surface area (Å²) >= 11 is 3.44. The molecule has 90 heavy (non-hydrogen) atoms. The third-order valence-electron chi connectivity index (χ3n) is 16.4. The van der Waals surface area contributed by atoms with Crippen LogP contribution in [0, 0.1) is 30.6 Å². The molecule has 7 aromatic rings. The van der Waals surface area contributed by atoms with Crippen LogP contribution in [-0.2, 0) is 36.8 Å². The van der Waals surface area contributed by atoms with Crippen molar-refractivity contribution in [3.05, 3.63) is 142 Å².